The van der Waals surface area contributed by atoms with Gasteiger partial charge in [-0.25, -0.2) is 0 Å². The maximum atomic E-state index is 12.1. The highest BCUT2D eigenvalue weighted by Crippen LogP contribution is 2.14. The summed E-state index contributed by atoms with van der Waals surface area (Å²) < 4.78 is 1.85. The molecule has 1 amide bonds. The number of aryl methyl sites for hydroxylation is 3. The molecule has 0 saturated heterocycles. The lowest BCUT2D eigenvalue weighted by Gasteiger charge is -2.16. The Labute approximate surface area is 131 Å². The fourth-order valence-corrected chi connectivity index (χ4v) is 2.31. The number of hydrogen-bond donors (Lipinski definition) is 1. The molecule has 0 aliphatic heterocycles. The third-order valence-corrected chi connectivity index (χ3v) is 3.98. The topological polar surface area (TPSA) is 50.2 Å². The second-order valence-electron chi connectivity index (χ2n) is 5.90. The molecule has 2 aromatic rings. The zero-order valence-electron chi connectivity index (χ0n) is 14.0. The van der Waals surface area contributed by atoms with Gasteiger partial charge in [0.25, 0.3) is 0 Å². The van der Waals surface area contributed by atoms with Crippen molar-refractivity contribution in [2.45, 2.75) is 27.3 Å². The summed E-state index contributed by atoms with van der Waals surface area (Å²) in [6.07, 6.45) is 1.85. The normalized spacial score (nSPS) is 11.0. The lowest BCUT2D eigenvalue weighted by molar-refractivity contribution is -0.117. The number of amides is 1. The molecule has 22 heavy (non-hydrogen) atoms. The van der Waals surface area contributed by atoms with Gasteiger partial charge in [-0.05, 0) is 51.1 Å². The van der Waals surface area contributed by atoms with Crippen LogP contribution in [0.1, 0.15) is 22.4 Å². The van der Waals surface area contributed by atoms with Crippen LogP contribution in [0.4, 0.5) is 5.69 Å². The maximum Gasteiger partial charge on any atom is 0.238 e. The predicted molar refractivity (Wildman–Crippen MR) is 88.8 cm³/mol. The van der Waals surface area contributed by atoms with Crippen molar-refractivity contribution in [2.75, 3.05) is 18.9 Å². The molecule has 1 aromatic carbocycles. The van der Waals surface area contributed by atoms with Gasteiger partial charge in [0.1, 0.15) is 0 Å². The van der Waals surface area contributed by atoms with Crippen LogP contribution < -0.4 is 5.32 Å². The molecular formula is C17H24N4O. The first-order valence-electron chi connectivity index (χ1n) is 7.40. The van der Waals surface area contributed by atoms with Crippen molar-refractivity contribution < 1.29 is 4.79 Å². The van der Waals surface area contributed by atoms with E-state index in [1.54, 1.807) is 0 Å². The van der Waals surface area contributed by atoms with Gasteiger partial charge >= 0.3 is 0 Å². The fraction of sp³-hybridized carbons (Fsp3) is 0.412. The molecule has 1 N–H and O–H groups in total. The van der Waals surface area contributed by atoms with Gasteiger partial charge in [0, 0.05) is 30.5 Å². The van der Waals surface area contributed by atoms with Crippen molar-refractivity contribution in [2.24, 2.45) is 7.05 Å². The first-order valence-corrected chi connectivity index (χ1v) is 7.40. The predicted octanol–water partition coefficient (Wildman–Crippen LogP) is 2.42. The molecule has 0 saturated carbocycles. The van der Waals surface area contributed by atoms with Crippen LogP contribution in [0.5, 0.6) is 0 Å². The smallest absolute Gasteiger partial charge is 0.238 e. The SMILES string of the molecule is Cc1ccc(NC(=O)CN(C)Cc2cnn(C)c2C)cc1C. The summed E-state index contributed by atoms with van der Waals surface area (Å²) in [5.41, 5.74) is 5.52. The third kappa shape index (κ3) is 3.95. The zero-order chi connectivity index (χ0) is 16.3. The van der Waals surface area contributed by atoms with Gasteiger partial charge < -0.3 is 5.32 Å². The molecule has 5 nitrogen and oxygen atoms in total. The van der Waals surface area contributed by atoms with Gasteiger partial charge in [0.2, 0.25) is 5.91 Å². The van der Waals surface area contributed by atoms with Crippen molar-refractivity contribution in [3.05, 3.63) is 46.8 Å². The van der Waals surface area contributed by atoms with Gasteiger partial charge in [0.05, 0.1) is 12.7 Å². The number of anilines is 1. The highest BCUT2D eigenvalue weighted by atomic mass is 16.2. The summed E-state index contributed by atoms with van der Waals surface area (Å²) in [4.78, 5) is 14.1. The van der Waals surface area contributed by atoms with Crippen molar-refractivity contribution in [3.8, 4) is 0 Å². The monoisotopic (exact) mass is 300 g/mol. The summed E-state index contributed by atoms with van der Waals surface area (Å²) in [5.74, 6) is -0.00713. The quantitative estimate of drug-likeness (QED) is 0.922. The van der Waals surface area contributed by atoms with E-state index >= 15 is 0 Å². The molecule has 0 fully saturated rings. The van der Waals surface area contributed by atoms with Crippen LogP contribution in [0.3, 0.4) is 0 Å². The van der Waals surface area contributed by atoms with Crippen molar-refractivity contribution in [3.63, 3.8) is 0 Å². The molecule has 1 aromatic heterocycles. The van der Waals surface area contributed by atoms with Gasteiger partial charge in [-0.1, -0.05) is 6.07 Å². The summed E-state index contributed by atoms with van der Waals surface area (Å²) in [6, 6.07) is 5.96. The molecule has 2 rings (SSSR count). The van der Waals surface area contributed by atoms with E-state index in [9.17, 15) is 4.79 Å². The number of likely N-dealkylation sites (N-methyl/N-ethyl adjacent to an activating group) is 1. The molecule has 1 heterocycles. The van der Waals surface area contributed by atoms with Crippen molar-refractivity contribution in [1.29, 1.82) is 0 Å². The first-order chi connectivity index (χ1) is 10.4. The molecule has 0 aliphatic rings. The average Bonchev–Trinajstić information content (AvgIpc) is 2.74. The van der Waals surface area contributed by atoms with E-state index in [1.807, 2.05) is 61.9 Å². The number of carbonyl (C=O) groups is 1. The molecule has 0 unspecified atom stereocenters. The van der Waals surface area contributed by atoms with Gasteiger partial charge in [-0.3, -0.25) is 14.4 Å². The Bertz CT molecular complexity index is 675. The Balaban J connectivity index is 1.91. The molecule has 0 spiro atoms. The minimum atomic E-state index is -0.00713. The van der Waals surface area contributed by atoms with E-state index < -0.39 is 0 Å². The number of benzene rings is 1. The molecule has 0 atom stereocenters. The summed E-state index contributed by atoms with van der Waals surface area (Å²) in [5, 5.41) is 7.17. The summed E-state index contributed by atoms with van der Waals surface area (Å²) in [6.45, 7) is 7.19. The van der Waals surface area contributed by atoms with Crippen LogP contribution in [0.15, 0.2) is 24.4 Å². The van der Waals surface area contributed by atoms with Crippen LogP contribution in [-0.2, 0) is 18.4 Å². The molecular weight excluding hydrogens is 276 g/mol. The highest BCUT2D eigenvalue weighted by molar-refractivity contribution is 5.92. The number of aromatic nitrogens is 2. The molecule has 0 bridgehead atoms. The van der Waals surface area contributed by atoms with Crippen LogP contribution in [0.2, 0.25) is 0 Å². The van der Waals surface area contributed by atoms with E-state index in [4.69, 9.17) is 0 Å². The van der Waals surface area contributed by atoms with Crippen molar-refractivity contribution in [1.82, 2.24) is 14.7 Å². The number of hydrogen-bond acceptors (Lipinski definition) is 3. The standard InChI is InChI=1S/C17H24N4O/c1-12-6-7-16(8-13(12)2)19-17(22)11-20(4)10-15-9-18-21(5)14(15)3/h6-9H,10-11H2,1-5H3,(H,19,22). The summed E-state index contributed by atoms with van der Waals surface area (Å²) >= 11 is 0. The number of nitrogens with one attached hydrogen (secondary N) is 1. The van der Waals surface area contributed by atoms with Gasteiger partial charge in [-0.15, -0.1) is 0 Å². The first kappa shape index (κ1) is 16.2. The third-order valence-electron chi connectivity index (χ3n) is 3.98. The largest absolute Gasteiger partial charge is 0.325 e. The van der Waals surface area contributed by atoms with Crippen LogP contribution in [0, 0.1) is 20.8 Å². The van der Waals surface area contributed by atoms with E-state index in [0.717, 1.165) is 16.9 Å². The van der Waals surface area contributed by atoms with Crippen LogP contribution >= 0.6 is 0 Å². The minimum Gasteiger partial charge on any atom is -0.325 e. The molecule has 5 heteroatoms. The Morgan fingerprint density at radius 1 is 1.27 bits per heavy atom. The lowest BCUT2D eigenvalue weighted by Crippen LogP contribution is -2.30. The second-order valence-corrected chi connectivity index (χ2v) is 5.90. The van der Waals surface area contributed by atoms with E-state index in [-0.39, 0.29) is 5.91 Å². The zero-order valence-corrected chi connectivity index (χ0v) is 14.0. The molecule has 0 radical (unpaired) electrons. The summed E-state index contributed by atoms with van der Waals surface area (Å²) in [7, 11) is 3.86. The number of rotatable bonds is 5. The van der Waals surface area contributed by atoms with Crippen LogP contribution in [0.25, 0.3) is 0 Å². The minimum absolute atomic E-state index is 0.00713. The molecule has 0 aliphatic carbocycles. The van der Waals surface area contributed by atoms with E-state index in [2.05, 4.69) is 17.3 Å². The maximum absolute atomic E-state index is 12.1. The van der Waals surface area contributed by atoms with Gasteiger partial charge in [0.15, 0.2) is 0 Å². The van der Waals surface area contributed by atoms with E-state index in [0.29, 0.717) is 13.1 Å². The number of nitrogens with zero attached hydrogens (tertiary/aromatic N) is 3. The molecule has 118 valence electrons. The Morgan fingerprint density at radius 3 is 2.59 bits per heavy atom. The Kier molecular flexibility index (Phi) is 4.98. The fourth-order valence-electron chi connectivity index (χ4n) is 2.31. The Hall–Kier alpha value is -2.14. The lowest BCUT2D eigenvalue weighted by atomic mass is 10.1. The second kappa shape index (κ2) is 6.75. The average molecular weight is 300 g/mol. The van der Waals surface area contributed by atoms with Crippen molar-refractivity contribution >= 4 is 11.6 Å². The van der Waals surface area contributed by atoms with Crippen LogP contribution in [-0.4, -0.2) is 34.2 Å². The highest BCUT2D eigenvalue weighted by Gasteiger charge is 2.11. The van der Waals surface area contributed by atoms with Gasteiger partial charge in [-0.2, -0.15) is 5.10 Å². The van der Waals surface area contributed by atoms with E-state index in [1.165, 1.54) is 11.1 Å². The number of carbonyl (C=O) groups excluding carboxylic acids is 1. The Morgan fingerprint density at radius 2 is 2.00 bits per heavy atom.